The van der Waals surface area contributed by atoms with Crippen molar-refractivity contribution in [3.8, 4) is 0 Å². The van der Waals surface area contributed by atoms with Gasteiger partial charge in [0.1, 0.15) is 0 Å². The molecule has 4 N–H and O–H groups in total. The van der Waals surface area contributed by atoms with Gasteiger partial charge in [-0.25, -0.2) is 5.10 Å². The van der Waals surface area contributed by atoms with Gasteiger partial charge in [-0.15, -0.1) is 5.10 Å². The molecule has 0 aliphatic rings. The lowest BCUT2D eigenvalue weighted by Crippen LogP contribution is -2.07. The van der Waals surface area contributed by atoms with Gasteiger partial charge in [0.25, 0.3) is 0 Å². The molecule has 0 aliphatic carbocycles. The third kappa shape index (κ3) is 2.43. The van der Waals surface area contributed by atoms with E-state index >= 15 is 0 Å². The van der Waals surface area contributed by atoms with Crippen molar-refractivity contribution in [1.82, 2.24) is 15.2 Å². The van der Waals surface area contributed by atoms with E-state index in [-0.39, 0.29) is 6.04 Å². The van der Waals surface area contributed by atoms with Crippen LogP contribution in [0.4, 0.5) is 11.9 Å². The molecule has 0 amide bonds. The van der Waals surface area contributed by atoms with Crippen molar-refractivity contribution in [1.29, 1.82) is 0 Å². The average molecular weight is 238 g/mol. The summed E-state index contributed by atoms with van der Waals surface area (Å²) in [5, 5.41) is 10.3. The molecule has 2 rings (SSSR count). The third-order valence-corrected chi connectivity index (χ3v) is 2.47. The fourth-order valence-corrected chi connectivity index (χ4v) is 1.49. The number of hydrogen-bond acceptors (Lipinski definition) is 4. The summed E-state index contributed by atoms with van der Waals surface area (Å²) >= 11 is 5.81. The molecule has 0 aliphatic heterocycles. The molecule has 0 fully saturated rings. The molecule has 0 bridgehead atoms. The number of rotatable bonds is 3. The summed E-state index contributed by atoms with van der Waals surface area (Å²) in [5.41, 5.74) is 6.53. The lowest BCUT2D eigenvalue weighted by Gasteiger charge is -2.12. The number of nitrogens with one attached hydrogen (secondary N) is 2. The number of nitrogen functional groups attached to an aromatic ring is 1. The molecule has 2 aromatic rings. The lowest BCUT2D eigenvalue weighted by molar-refractivity contribution is 0.862. The van der Waals surface area contributed by atoms with Crippen LogP contribution >= 0.6 is 11.6 Å². The van der Waals surface area contributed by atoms with Crippen molar-refractivity contribution >= 4 is 23.5 Å². The van der Waals surface area contributed by atoms with Crippen molar-refractivity contribution in [3.63, 3.8) is 0 Å². The van der Waals surface area contributed by atoms with Crippen molar-refractivity contribution < 1.29 is 0 Å². The van der Waals surface area contributed by atoms with E-state index in [1.54, 1.807) is 0 Å². The minimum atomic E-state index is 0.0902. The van der Waals surface area contributed by atoms with E-state index < -0.39 is 0 Å². The van der Waals surface area contributed by atoms with E-state index in [0.717, 1.165) is 10.6 Å². The Morgan fingerprint density at radius 3 is 2.62 bits per heavy atom. The van der Waals surface area contributed by atoms with Crippen molar-refractivity contribution in [2.75, 3.05) is 11.1 Å². The molecular formula is C10H12ClN5. The highest BCUT2D eigenvalue weighted by atomic mass is 35.5. The van der Waals surface area contributed by atoms with E-state index in [4.69, 9.17) is 17.3 Å². The van der Waals surface area contributed by atoms with Gasteiger partial charge in [-0.2, -0.15) is 4.98 Å². The van der Waals surface area contributed by atoms with Gasteiger partial charge in [0.2, 0.25) is 11.9 Å². The fraction of sp³-hybridized carbons (Fsp3) is 0.200. The highest BCUT2D eigenvalue weighted by molar-refractivity contribution is 6.30. The molecule has 5 nitrogen and oxygen atoms in total. The second kappa shape index (κ2) is 4.40. The van der Waals surface area contributed by atoms with Gasteiger partial charge < -0.3 is 11.1 Å². The first kappa shape index (κ1) is 10.8. The molecule has 16 heavy (non-hydrogen) atoms. The van der Waals surface area contributed by atoms with Crippen LogP contribution in [0.2, 0.25) is 5.02 Å². The highest BCUT2D eigenvalue weighted by Crippen LogP contribution is 2.19. The molecule has 6 heteroatoms. The van der Waals surface area contributed by atoms with E-state index in [1.807, 2.05) is 31.2 Å². The molecule has 0 saturated carbocycles. The third-order valence-electron chi connectivity index (χ3n) is 2.22. The van der Waals surface area contributed by atoms with E-state index in [1.165, 1.54) is 0 Å². The highest BCUT2D eigenvalue weighted by Gasteiger charge is 2.07. The number of anilines is 2. The minimum absolute atomic E-state index is 0.0902. The van der Waals surface area contributed by atoms with Crippen LogP contribution in [-0.4, -0.2) is 15.2 Å². The SMILES string of the molecule is CC(Nc1n[nH]c(N)n1)c1ccc(Cl)cc1. The summed E-state index contributed by atoms with van der Waals surface area (Å²) in [7, 11) is 0. The fourth-order valence-electron chi connectivity index (χ4n) is 1.37. The number of nitrogens with zero attached hydrogens (tertiary/aromatic N) is 2. The van der Waals surface area contributed by atoms with Crippen LogP contribution in [0, 0.1) is 0 Å². The number of aromatic nitrogens is 3. The molecule has 1 unspecified atom stereocenters. The van der Waals surface area contributed by atoms with Crippen molar-refractivity contribution in [3.05, 3.63) is 34.9 Å². The first-order chi connectivity index (χ1) is 7.65. The Morgan fingerprint density at radius 2 is 2.06 bits per heavy atom. The zero-order chi connectivity index (χ0) is 11.5. The van der Waals surface area contributed by atoms with Gasteiger partial charge in [-0.05, 0) is 24.6 Å². The van der Waals surface area contributed by atoms with E-state index in [0.29, 0.717) is 11.9 Å². The zero-order valence-corrected chi connectivity index (χ0v) is 9.49. The summed E-state index contributed by atoms with van der Waals surface area (Å²) in [6, 6.07) is 7.70. The normalized spacial score (nSPS) is 12.4. The Kier molecular flexibility index (Phi) is 2.96. The monoisotopic (exact) mass is 237 g/mol. The van der Waals surface area contributed by atoms with Crippen molar-refractivity contribution in [2.45, 2.75) is 13.0 Å². The van der Waals surface area contributed by atoms with E-state index in [9.17, 15) is 0 Å². The van der Waals surface area contributed by atoms with Crippen LogP contribution in [0.5, 0.6) is 0 Å². The van der Waals surface area contributed by atoms with Crippen LogP contribution in [0.25, 0.3) is 0 Å². The second-order valence-corrected chi connectivity index (χ2v) is 3.90. The van der Waals surface area contributed by atoms with Gasteiger partial charge in [0.15, 0.2) is 0 Å². The Labute approximate surface area is 98.0 Å². The number of halogens is 1. The summed E-state index contributed by atoms with van der Waals surface area (Å²) < 4.78 is 0. The van der Waals surface area contributed by atoms with Crippen molar-refractivity contribution in [2.24, 2.45) is 0 Å². The molecule has 1 aromatic carbocycles. The smallest absolute Gasteiger partial charge is 0.244 e. The summed E-state index contributed by atoms with van der Waals surface area (Å²) in [6.45, 7) is 2.01. The number of nitrogens with two attached hydrogens (primary N) is 1. The van der Waals surface area contributed by atoms with Crippen LogP contribution < -0.4 is 11.1 Å². The average Bonchev–Trinajstić information content (AvgIpc) is 2.65. The molecule has 0 radical (unpaired) electrons. The molecule has 1 atom stereocenters. The Morgan fingerprint density at radius 1 is 1.38 bits per heavy atom. The Bertz CT molecular complexity index is 464. The predicted octanol–water partition coefficient (Wildman–Crippen LogP) is 2.21. The van der Waals surface area contributed by atoms with Crippen LogP contribution in [0.3, 0.4) is 0 Å². The number of aromatic amines is 1. The summed E-state index contributed by atoms with van der Waals surface area (Å²) in [5.74, 6) is 0.783. The van der Waals surface area contributed by atoms with Gasteiger partial charge in [0, 0.05) is 5.02 Å². The largest absolute Gasteiger partial charge is 0.368 e. The molecule has 1 heterocycles. The number of H-pyrrole nitrogens is 1. The first-order valence-corrected chi connectivity index (χ1v) is 5.23. The lowest BCUT2D eigenvalue weighted by atomic mass is 10.1. The van der Waals surface area contributed by atoms with Gasteiger partial charge >= 0.3 is 0 Å². The van der Waals surface area contributed by atoms with Gasteiger partial charge in [-0.1, -0.05) is 23.7 Å². The van der Waals surface area contributed by atoms with Crippen LogP contribution in [0.15, 0.2) is 24.3 Å². The maximum Gasteiger partial charge on any atom is 0.244 e. The molecule has 1 aromatic heterocycles. The van der Waals surface area contributed by atoms with Gasteiger partial charge in [0.05, 0.1) is 6.04 Å². The maximum atomic E-state index is 5.81. The Hall–Kier alpha value is -1.75. The van der Waals surface area contributed by atoms with E-state index in [2.05, 4.69) is 20.5 Å². The number of benzene rings is 1. The van der Waals surface area contributed by atoms with Gasteiger partial charge in [-0.3, -0.25) is 0 Å². The summed E-state index contributed by atoms with van der Waals surface area (Å²) in [4.78, 5) is 3.97. The van der Waals surface area contributed by atoms with Crippen LogP contribution in [-0.2, 0) is 0 Å². The number of hydrogen-bond donors (Lipinski definition) is 3. The Balaban J connectivity index is 2.08. The van der Waals surface area contributed by atoms with Crippen LogP contribution in [0.1, 0.15) is 18.5 Å². The zero-order valence-electron chi connectivity index (χ0n) is 8.74. The predicted molar refractivity (Wildman–Crippen MR) is 64.3 cm³/mol. The maximum absolute atomic E-state index is 5.81. The minimum Gasteiger partial charge on any atom is -0.368 e. The summed E-state index contributed by atoms with van der Waals surface area (Å²) in [6.07, 6.45) is 0. The molecule has 84 valence electrons. The second-order valence-electron chi connectivity index (χ2n) is 3.46. The standard InChI is InChI=1S/C10H12ClN5/c1-6(7-2-4-8(11)5-3-7)13-10-14-9(12)15-16-10/h2-6H,1H3,(H4,12,13,14,15,16). The topological polar surface area (TPSA) is 79.6 Å². The molecule has 0 saturated heterocycles. The first-order valence-electron chi connectivity index (χ1n) is 4.85. The molecule has 0 spiro atoms. The molecular weight excluding hydrogens is 226 g/mol. The quantitative estimate of drug-likeness (QED) is 0.765.